The van der Waals surface area contributed by atoms with Gasteiger partial charge in [-0.2, -0.15) is 0 Å². The van der Waals surface area contributed by atoms with Crippen molar-refractivity contribution >= 4 is 0 Å². The number of aliphatic hydroxyl groups is 1. The quantitative estimate of drug-likeness (QED) is 0.368. The second-order valence-electron chi connectivity index (χ2n) is 6.50. The van der Waals surface area contributed by atoms with Gasteiger partial charge in [0.15, 0.2) is 0 Å². The number of allylic oxidation sites excluding steroid dienone is 1. The average Bonchev–Trinajstić information content (AvgIpc) is 2.55. The van der Waals surface area contributed by atoms with E-state index in [-0.39, 0.29) is 5.92 Å². The summed E-state index contributed by atoms with van der Waals surface area (Å²) in [6.07, 6.45) is 10.3. The molecular formula is C22H32O. The zero-order valence-electron chi connectivity index (χ0n) is 15.0. The van der Waals surface area contributed by atoms with Crippen LogP contribution >= 0.6 is 0 Å². The lowest BCUT2D eigenvalue weighted by Crippen LogP contribution is -2.21. The molecule has 1 N–H and O–H groups in total. The van der Waals surface area contributed by atoms with Crippen LogP contribution in [0.4, 0.5) is 0 Å². The molecule has 0 bridgehead atoms. The van der Waals surface area contributed by atoms with Gasteiger partial charge < -0.3 is 5.11 Å². The predicted octanol–water partition coefficient (Wildman–Crippen LogP) is 5.39. The van der Waals surface area contributed by atoms with Gasteiger partial charge in [-0.3, -0.25) is 0 Å². The lowest BCUT2D eigenvalue weighted by Gasteiger charge is -2.19. The molecule has 0 fully saturated rings. The predicted molar refractivity (Wildman–Crippen MR) is 100 cm³/mol. The SMILES string of the molecule is CCCCCC#C[C@@H](O)[C@@H](/C=C/CCc1ccccc1)C(C)C. The van der Waals surface area contributed by atoms with Crippen molar-refractivity contribution in [3.05, 3.63) is 48.0 Å². The van der Waals surface area contributed by atoms with Gasteiger partial charge in [-0.15, -0.1) is 5.92 Å². The average molecular weight is 312 g/mol. The second kappa shape index (κ2) is 12.0. The Morgan fingerprint density at radius 2 is 1.87 bits per heavy atom. The summed E-state index contributed by atoms with van der Waals surface area (Å²) in [6.45, 7) is 6.49. The van der Waals surface area contributed by atoms with E-state index in [2.05, 4.69) is 69.0 Å². The minimum absolute atomic E-state index is 0.115. The highest BCUT2D eigenvalue weighted by Gasteiger charge is 2.17. The van der Waals surface area contributed by atoms with Crippen molar-refractivity contribution < 1.29 is 5.11 Å². The van der Waals surface area contributed by atoms with Crippen molar-refractivity contribution in [2.75, 3.05) is 0 Å². The molecule has 0 radical (unpaired) electrons. The summed E-state index contributed by atoms with van der Waals surface area (Å²) in [5.74, 6) is 6.68. The fourth-order valence-electron chi connectivity index (χ4n) is 2.58. The molecule has 0 spiro atoms. The molecule has 126 valence electrons. The molecule has 0 unspecified atom stereocenters. The standard InChI is InChI=1S/C22H32O/c1-4-5-6-7-11-18-22(23)21(19(2)3)17-13-12-16-20-14-9-8-10-15-20/h8-10,13-15,17,19,21-23H,4-7,12,16H2,1-3H3/b17-13+/t21-,22+/m0/s1. The van der Waals surface area contributed by atoms with Gasteiger partial charge in [0.25, 0.3) is 0 Å². The van der Waals surface area contributed by atoms with Crippen LogP contribution in [0.15, 0.2) is 42.5 Å². The summed E-state index contributed by atoms with van der Waals surface area (Å²) in [4.78, 5) is 0. The molecule has 1 aromatic carbocycles. The fraction of sp³-hybridized carbons (Fsp3) is 0.545. The smallest absolute Gasteiger partial charge is 0.121 e. The zero-order chi connectivity index (χ0) is 16.9. The Labute approximate surface area is 142 Å². The molecule has 1 nitrogen and oxygen atoms in total. The van der Waals surface area contributed by atoms with Crippen molar-refractivity contribution in [1.29, 1.82) is 0 Å². The minimum Gasteiger partial charge on any atom is -0.380 e. The molecule has 0 amide bonds. The lowest BCUT2D eigenvalue weighted by molar-refractivity contribution is 0.159. The summed E-state index contributed by atoms with van der Waals surface area (Å²) < 4.78 is 0. The molecule has 0 saturated carbocycles. The molecule has 0 aliphatic carbocycles. The Balaban J connectivity index is 2.45. The van der Waals surface area contributed by atoms with Crippen molar-refractivity contribution in [3.63, 3.8) is 0 Å². The Hall–Kier alpha value is -1.52. The molecule has 0 aromatic heterocycles. The van der Waals surface area contributed by atoms with Gasteiger partial charge in [0.2, 0.25) is 0 Å². The van der Waals surface area contributed by atoms with Gasteiger partial charge in [-0.1, -0.05) is 82.0 Å². The number of unbranched alkanes of at least 4 members (excludes halogenated alkanes) is 3. The highest BCUT2D eigenvalue weighted by Crippen LogP contribution is 2.18. The third kappa shape index (κ3) is 8.62. The van der Waals surface area contributed by atoms with E-state index < -0.39 is 6.10 Å². The van der Waals surface area contributed by atoms with Gasteiger partial charge in [-0.05, 0) is 30.7 Å². The topological polar surface area (TPSA) is 20.2 Å². The first-order valence-corrected chi connectivity index (χ1v) is 9.02. The first kappa shape index (κ1) is 19.5. The monoisotopic (exact) mass is 312 g/mol. The first-order valence-electron chi connectivity index (χ1n) is 9.02. The number of aryl methyl sites for hydroxylation is 1. The Bertz CT molecular complexity index is 490. The largest absolute Gasteiger partial charge is 0.380 e. The van der Waals surface area contributed by atoms with Crippen molar-refractivity contribution in [1.82, 2.24) is 0 Å². The molecule has 2 atom stereocenters. The van der Waals surface area contributed by atoms with Gasteiger partial charge in [0.1, 0.15) is 6.10 Å². The number of benzene rings is 1. The van der Waals surface area contributed by atoms with Gasteiger partial charge in [0.05, 0.1) is 0 Å². The normalized spacial score (nSPS) is 13.8. The van der Waals surface area contributed by atoms with Gasteiger partial charge >= 0.3 is 0 Å². The molecule has 1 heteroatoms. The number of rotatable bonds is 9. The molecule has 1 aromatic rings. The van der Waals surface area contributed by atoms with E-state index in [9.17, 15) is 5.11 Å². The minimum atomic E-state index is -0.551. The Morgan fingerprint density at radius 3 is 2.52 bits per heavy atom. The van der Waals surface area contributed by atoms with Crippen molar-refractivity contribution in [2.24, 2.45) is 11.8 Å². The maximum Gasteiger partial charge on any atom is 0.121 e. The van der Waals surface area contributed by atoms with E-state index in [1.54, 1.807) is 0 Å². The maximum atomic E-state index is 10.3. The van der Waals surface area contributed by atoms with Crippen LogP contribution in [0.1, 0.15) is 58.4 Å². The Kier molecular flexibility index (Phi) is 10.2. The number of hydrogen-bond donors (Lipinski definition) is 1. The van der Waals surface area contributed by atoms with Crippen molar-refractivity contribution in [2.45, 2.75) is 65.4 Å². The third-order valence-corrected chi connectivity index (χ3v) is 4.09. The first-order chi connectivity index (χ1) is 11.1. The molecule has 1 rings (SSSR count). The molecule has 0 heterocycles. The molecule has 0 aliphatic rings. The summed E-state index contributed by atoms with van der Waals surface area (Å²) in [7, 11) is 0. The van der Waals surface area contributed by atoms with E-state index in [1.165, 1.54) is 18.4 Å². The zero-order valence-corrected chi connectivity index (χ0v) is 15.0. The Morgan fingerprint density at radius 1 is 1.13 bits per heavy atom. The fourth-order valence-corrected chi connectivity index (χ4v) is 2.58. The highest BCUT2D eigenvalue weighted by molar-refractivity contribution is 5.16. The molecule has 0 aliphatic heterocycles. The summed E-state index contributed by atoms with van der Waals surface area (Å²) in [5, 5.41) is 10.3. The van der Waals surface area contributed by atoms with E-state index >= 15 is 0 Å². The lowest BCUT2D eigenvalue weighted by atomic mass is 9.89. The molecule has 23 heavy (non-hydrogen) atoms. The summed E-state index contributed by atoms with van der Waals surface area (Å²) in [6, 6.07) is 10.5. The van der Waals surface area contributed by atoms with Crippen LogP contribution in [-0.2, 0) is 6.42 Å². The summed E-state index contributed by atoms with van der Waals surface area (Å²) in [5.41, 5.74) is 1.36. The number of hydrogen-bond acceptors (Lipinski definition) is 1. The van der Waals surface area contributed by atoms with Crippen LogP contribution in [0.2, 0.25) is 0 Å². The van der Waals surface area contributed by atoms with E-state index in [0.29, 0.717) is 5.92 Å². The maximum absolute atomic E-state index is 10.3. The van der Waals surface area contributed by atoms with Crippen LogP contribution in [0.3, 0.4) is 0 Å². The van der Waals surface area contributed by atoms with Crippen LogP contribution in [0.5, 0.6) is 0 Å². The highest BCUT2D eigenvalue weighted by atomic mass is 16.3. The van der Waals surface area contributed by atoms with Crippen LogP contribution in [-0.4, -0.2) is 11.2 Å². The number of aliphatic hydroxyl groups excluding tert-OH is 1. The van der Waals surface area contributed by atoms with Gasteiger partial charge in [0, 0.05) is 12.3 Å². The van der Waals surface area contributed by atoms with E-state index in [4.69, 9.17) is 0 Å². The summed E-state index contributed by atoms with van der Waals surface area (Å²) >= 11 is 0. The van der Waals surface area contributed by atoms with Gasteiger partial charge in [-0.25, -0.2) is 0 Å². The second-order valence-corrected chi connectivity index (χ2v) is 6.50. The molecule has 0 saturated heterocycles. The van der Waals surface area contributed by atoms with E-state index in [1.807, 2.05) is 6.07 Å². The van der Waals surface area contributed by atoms with Crippen LogP contribution < -0.4 is 0 Å². The van der Waals surface area contributed by atoms with Crippen molar-refractivity contribution in [3.8, 4) is 11.8 Å². The van der Waals surface area contributed by atoms with E-state index in [0.717, 1.165) is 25.7 Å². The van der Waals surface area contributed by atoms with Crippen LogP contribution in [0, 0.1) is 23.7 Å². The molecular weight excluding hydrogens is 280 g/mol. The third-order valence-electron chi connectivity index (χ3n) is 4.09. The van der Waals surface area contributed by atoms with Crippen LogP contribution in [0.25, 0.3) is 0 Å².